The molecule has 0 bridgehead atoms. The first-order valence-electron chi connectivity index (χ1n) is 4.03. The minimum Gasteiger partial charge on any atom is -0.389 e. The highest BCUT2D eigenvalue weighted by Gasteiger charge is 2.37. The summed E-state index contributed by atoms with van der Waals surface area (Å²) in [5.74, 6) is 2.36. The van der Waals surface area contributed by atoms with Crippen molar-refractivity contribution in [1.29, 1.82) is 0 Å². The lowest BCUT2D eigenvalue weighted by Gasteiger charge is -2.26. The summed E-state index contributed by atoms with van der Waals surface area (Å²) in [6.07, 6.45) is 7.95. The van der Waals surface area contributed by atoms with Gasteiger partial charge in [0.1, 0.15) is 0 Å². The average Bonchev–Trinajstić information content (AvgIpc) is 2.38. The number of hydrogen-bond acceptors (Lipinski definition) is 2. The van der Waals surface area contributed by atoms with Gasteiger partial charge in [-0.2, -0.15) is 0 Å². The van der Waals surface area contributed by atoms with Crippen molar-refractivity contribution in [2.24, 2.45) is 0 Å². The van der Waals surface area contributed by atoms with Crippen molar-refractivity contribution in [1.82, 2.24) is 0 Å². The van der Waals surface area contributed by atoms with Gasteiger partial charge in [-0.25, -0.2) is 0 Å². The van der Waals surface area contributed by atoms with Crippen LogP contribution in [0.5, 0.6) is 0 Å². The zero-order valence-electron chi connectivity index (χ0n) is 6.58. The lowest BCUT2D eigenvalue weighted by molar-refractivity contribution is -0.0667. The Balaban J connectivity index is 2.50. The van der Waals surface area contributed by atoms with Crippen LogP contribution in [0.25, 0.3) is 0 Å². The van der Waals surface area contributed by atoms with Crippen molar-refractivity contribution in [3.8, 4) is 12.3 Å². The fourth-order valence-corrected chi connectivity index (χ4v) is 1.62. The van der Waals surface area contributed by atoms with Crippen LogP contribution in [0.2, 0.25) is 0 Å². The van der Waals surface area contributed by atoms with Crippen molar-refractivity contribution < 1.29 is 10.2 Å². The maximum atomic E-state index is 9.75. The molecule has 0 aromatic rings. The molecule has 0 aromatic heterocycles. The third-order valence-corrected chi connectivity index (χ3v) is 2.40. The van der Waals surface area contributed by atoms with E-state index < -0.39 is 11.7 Å². The lowest BCUT2D eigenvalue weighted by atomic mass is 9.93. The molecule has 1 aliphatic carbocycles. The summed E-state index contributed by atoms with van der Waals surface area (Å²) in [5.41, 5.74) is -0.883. The van der Waals surface area contributed by atoms with Crippen LogP contribution < -0.4 is 0 Å². The van der Waals surface area contributed by atoms with E-state index in [1.807, 2.05) is 0 Å². The van der Waals surface area contributed by atoms with Gasteiger partial charge in [0.25, 0.3) is 0 Å². The predicted molar refractivity (Wildman–Crippen MR) is 42.9 cm³/mol. The summed E-state index contributed by atoms with van der Waals surface area (Å²) in [6, 6.07) is 0. The number of terminal acetylenes is 1. The molecule has 1 saturated carbocycles. The normalized spacial score (nSPS) is 24.5. The molecule has 1 atom stereocenters. The quantitative estimate of drug-likeness (QED) is 0.574. The largest absolute Gasteiger partial charge is 0.389 e. The maximum absolute atomic E-state index is 9.75. The van der Waals surface area contributed by atoms with Gasteiger partial charge in [-0.05, 0) is 12.8 Å². The smallest absolute Gasteiger partial charge is 0.0935 e. The molecule has 1 aliphatic rings. The number of aliphatic hydroxyl groups is 2. The Labute approximate surface area is 67.2 Å². The SMILES string of the molecule is C#CCC(O)C1(O)CCCC1. The summed E-state index contributed by atoms with van der Waals surface area (Å²) in [6.45, 7) is 0. The topological polar surface area (TPSA) is 40.5 Å². The van der Waals surface area contributed by atoms with Gasteiger partial charge < -0.3 is 10.2 Å². The molecule has 2 nitrogen and oxygen atoms in total. The Kier molecular flexibility index (Phi) is 2.53. The standard InChI is InChI=1S/C9H14O2/c1-2-5-8(10)9(11)6-3-4-7-9/h1,8,10-11H,3-7H2. The van der Waals surface area contributed by atoms with E-state index in [1.54, 1.807) is 0 Å². The molecule has 62 valence electrons. The monoisotopic (exact) mass is 154 g/mol. The lowest BCUT2D eigenvalue weighted by Crippen LogP contribution is -2.39. The summed E-state index contributed by atoms with van der Waals surface area (Å²) in [5, 5.41) is 19.2. The van der Waals surface area contributed by atoms with Gasteiger partial charge in [-0.15, -0.1) is 12.3 Å². The van der Waals surface area contributed by atoms with Gasteiger partial charge in [0, 0.05) is 6.42 Å². The fourth-order valence-electron chi connectivity index (χ4n) is 1.62. The second kappa shape index (κ2) is 3.25. The van der Waals surface area contributed by atoms with Crippen molar-refractivity contribution in [2.75, 3.05) is 0 Å². The second-order valence-electron chi connectivity index (χ2n) is 3.23. The molecule has 0 amide bonds. The zero-order chi connectivity index (χ0) is 8.32. The van der Waals surface area contributed by atoms with Crippen LogP contribution in [-0.2, 0) is 0 Å². The molecule has 0 aliphatic heterocycles. The molecule has 0 aromatic carbocycles. The summed E-state index contributed by atoms with van der Waals surface area (Å²) in [7, 11) is 0. The number of aliphatic hydroxyl groups excluding tert-OH is 1. The summed E-state index contributed by atoms with van der Waals surface area (Å²) < 4.78 is 0. The third-order valence-electron chi connectivity index (χ3n) is 2.40. The Morgan fingerprint density at radius 2 is 2.00 bits per heavy atom. The highest BCUT2D eigenvalue weighted by Crippen LogP contribution is 2.33. The Morgan fingerprint density at radius 1 is 1.45 bits per heavy atom. The molecule has 1 rings (SSSR count). The van der Waals surface area contributed by atoms with Crippen LogP contribution in [0.15, 0.2) is 0 Å². The molecule has 0 radical (unpaired) electrons. The van der Waals surface area contributed by atoms with E-state index in [0.717, 1.165) is 12.8 Å². The van der Waals surface area contributed by atoms with Gasteiger partial charge in [-0.3, -0.25) is 0 Å². The average molecular weight is 154 g/mol. The van der Waals surface area contributed by atoms with E-state index >= 15 is 0 Å². The molecular formula is C9H14O2. The molecular weight excluding hydrogens is 140 g/mol. The van der Waals surface area contributed by atoms with Crippen molar-refractivity contribution in [2.45, 2.75) is 43.8 Å². The molecule has 1 unspecified atom stereocenters. The van der Waals surface area contributed by atoms with Crippen molar-refractivity contribution in [3.05, 3.63) is 0 Å². The van der Waals surface area contributed by atoms with E-state index in [9.17, 15) is 10.2 Å². The third kappa shape index (κ3) is 1.74. The Hall–Kier alpha value is -0.520. The molecule has 2 N–H and O–H groups in total. The molecule has 0 heterocycles. The van der Waals surface area contributed by atoms with Crippen LogP contribution in [0.1, 0.15) is 32.1 Å². The molecule has 0 saturated heterocycles. The van der Waals surface area contributed by atoms with Crippen molar-refractivity contribution >= 4 is 0 Å². The van der Waals surface area contributed by atoms with E-state index in [4.69, 9.17) is 6.42 Å². The van der Waals surface area contributed by atoms with Gasteiger partial charge in [-0.1, -0.05) is 12.8 Å². The van der Waals surface area contributed by atoms with Crippen LogP contribution >= 0.6 is 0 Å². The first kappa shape index (κ1) is 8.58. The highest BCUT2D eigenvalue weighted by atomic mass is 16.3. The van der Waals surface area contributed by atoms with Gasteiger partial charge in [0.05, 0.1) is 11.7 Å². The molecule has 2 heteroatoms. The van der Waals surface area contributed by atoms with E-state index in [1.165, 1.54) is 0 Å². The molecule has 11 heavy (non-hydrogen) atoms. The van der Waals surface area contributed by atoms with Gasteiger partial charge in [0.2, 0.25) is 0 Å². The minimum absolute atomic E-state index is 0.260. The molecule has 0 spiro atoms. The summed E-state index contributed by atoms with van der Waals surface area (Å²) in [4.78, 5) is 0. The predicted octanol–water partition coefficient (Wildman–Crippen LogP) is 0.676. The van der Waals surface area contributed by atoms with Crippen LogP contribution in [-0.4, -0.2) is 21.9 Å². The number of rotatable bonds is 2. The van der Waals surface area contributed by atoms with Crippen LogP contribution in [0.3, 0.4) is 0 Å². The van der Waals surface area contributed by atoms with Gasteiger partial charge in [0.15, 0.2) is 0 Å². The van der Waals surface area contributed by atoms with Crippen LogP contribution in [0.4, 0.5) is 0 Å². The second-order valence-corrected chi connectivity index (χ2v) is 3.23. The highest BCUT2D eigenvalue weighted by molar-refractivity contribution is 4.97. The van der Waals surface area contributed by atoms with E-state index in [0.29, 0.717) is 12.8 Å². The van der Waals surface area contributed by atoms with Gasteiger partial charge >= 0.3 is 0 Å². The van der Waals surface area contributed by atoms with Crippen molar-refractivity contribution in [3.63, 3.8) is 0 Å². The minimum atomic E-state index is -0.883. The fraction of sp³-hybridized carbons (Fsp3) is 0.778. The Morgan fingerprint density at radius 3 is 2.45 bits per heavy atom. The van der Waals surface area contributed by atoms with Crippen LogP contribution in [0, 0.1) is 12.3 Å². The maximum Gasteiger partial charge on any atom is 0.0935 e. The zero-order valence-corrected chi connectivity index (χ0v) is 6.58. The first-order valence-corrected chi connectivity index (χ1v) is 4.03. The first-order chi connectivity index (χ1) is 5.19. The molecule has 1 fully saturated rings. The van der Waals surface area contributed by atoms with E-state index in [2.05, 4.69) is 5.92 Å². The summed E-state index contributed by atoms with van der Waals surface area (Å²) >= 11 is 0. The Bertz CT molecular complexity index is 163. The number of hydrogen-bond donors (Lipinski definition) is 2. The van der Waals surface area contributed by atoms with E-state index in [-0.39, 0.29) is 6.42 Å².